The molecule has 0 saturated heterocycles. The van der Waals surface area contributed by atoms with Gasteiger partial charge in [-0.1, -0.05) is 50.2 Å². The highest BCUT2D eigenvalue weighted by atomic mass is 15.3. The predicted octanol–water partition coefficient (Wildman–Crippen LogP) is 4.32. The Morgan fingerprint density at radius 2 is 1.60 bits per heavy atom. The molecule has 0 aliphatic carbocycles. The number of hydrogen-bond acceptors (Lipinski definition) is 3. The fourth-order valence-corrected chi connectivity index (χ4v) is 2.91. The van der Waals surface area contributed by atoms with Crippen molar-refractivity contribution in [2.75, 3.05) is 0 Å². The fraction of sp³-hybridized carbons (Fsp3) is 0.333. The van der Waals surface area contributed by atoms with E-state index in [-0.39, 0.29) is 0 Å². The monoisotopic (exact) mass is 334 g/mol. The molecule has 130 valence electrons. The van der Waals surface area contributed by atoms with Gasteiger partial charge in [0.2, 0.25) is 0 Å². The Balaban J connectivity index is 1.55. The van der Waals surface area contributed by atoms with Gasteiger partial charge in [-0.25, -0.2) is 9.67 Å². The molecule has 0 saturated carbocycles. The van der Waals surface area contributed by atoms with Gasteiger partial charge in [-0.3, -0.25) is 0 Å². The SMILES string of the molecule is CC(C)Cc1ccc(C(C)NCc2ccc(-n3cncn3)cc2)cc1. The Hall–Kier alpha value is -2.46. The molecule has 1 unspecified atom stereocenters. The third-order valence-corrected chi connectivity index (χ3v) is 4.36. The average Bonchev–Trinajstić information content (AvgIpc) is 3.15. The smallest absolute Gasteiger partial charge is 0.138 e. The molecule has 0 aliphatic rings. The minimum Gasteiger partial charge on any atom is -0.306 e. The summed E-state index contributed by atoms with van der Waals surface area (Å²) in [6, 6.07) is 17.7. The Bertz CT molecular complexity index is 759. The predicted molar refractivity (Wildman–Crippen MR) is 102 cm³/mol. The molecule has 0 aliphatic heterocycles. The maximum atomic E-state index is 4.14. The summed E-state index contributed by atoms with van der Waals surface area (Å²) in [5.41, 5.74) is 5.02. The van der Waals surface area contributed by atoms with Gasteiger partial charge in [-0.2, -0.15) is 5.10 Å². The topological polar surface area (TPSA) is 42.7 Å². The third kappa shape index (κ3) is 4.77. The van der Waals surface area contributed by atoms with Crippen molar-refractivity contribution >= 4 is 0 Å². The summed E-state index contributed by atoms with van der Waals surface area (Å²) in [5, 5.41) is 7.74. The lowest BCUT2D eigenvalue weighted by Gasteiger charge is -2.15. The first-order chi connectivity index (χ1) is 12.1. The molecule has 4 nitrogen and oxygen atoms in total. The van der Waals surface area contributed by atoms with Crippen molar-refractivity contribution in [3.05, 3.63) is 77.9 Å². The number of benzene rings is 2. The zero-order valence-corrected chi connectivity index (χ0v) is 15.2. The van der Waals surface area contributed by atoms with Crippen LogP contribution in [0, 0.1) is 5.92 Å². The summed E-state index contributed by atoms with van der Waals surface area (Å²) in [4.78, 5) is 3.98. The summed E-state index contributed by atoms with van der Waals surface area (Å²) < 4.78 is 1.76. The van der Waals surface area contributed by atoms with Crippen LogP contribution < -0.4 is 5.32 Å². The van der Waals surface area contributed by atoms with Crippen LogP contribution in [0.15, 0.2) is 61.2 Å². The second-order valence-corrected chi connectivity index (χ2v) is 6.95. The Kier molecular flexibility index (Phi) is 5.61. The van der Waals surface area contributed by atoms with Gasteiger partial charge >= 0.3 is 0 Å². The molecule has 2 aromatic carbocycles. The molecule has 1 N–H and O–H groups in total. The number of rotatable bonds is 7. The maximum absolute atomic E-state index is 4.14. The van der Waals surface area contributed by atoms with Crippen molar-refractivity contribution in [2.24, 2.45) is 5.92 Å². The van der Waals surface area contributed by atoms with E-state index in [9.17, 15) is 0 Å². The van der Waals surface area contributed by atoms with Gasteiger partial charge in [-0.15, -0.1) is 0 Å². The second kappa shape index (κ2) is 8.08. The highest BCUT2D eigenvalue weighted by molar-refractivity contribution is 5.33. The Morgan fingerprint density at radius 1 is 0.920 bits per heavy atom. The molecule has 0 radical (unpaired) electrons. The van der Waals surface area contributed by atoms with Gasteiger partial charge in [0.15, 0.2) is 0 Å². The molecule has 25 heavy (non-hydrogen) atoms. The number of aromatic nitrogens is 3. The normalized spacial score (nSPS) is 12.5. The van der Waals surface area contributed by atoms with Crippen LogP contribution in [0.25, 0.3) is 5.69 Å². The molecule has 4 heteroatoms. The number of hydrogen-bond donors (Lipinski definition) is 1. The van der Waals surface area contributed by atoms with E-state index in [2.05, 4.69) is 84.7 Å². The fourth-order valence-electron chi connectivity index (χ4n) is 2.91. The van der Waals surface area contributed by atoms with E-state index in [1.807, 2.05) is 0 Å². The summed E-state index contributed by atoms with van der Waals surface area (Å²) in [6.45, 7) is 7.56. The third-order valence-electron chi connectivity index (χ3n) is 4.36. The summed E-state index contributed by atoms with van der Waals surface area (Å²) in [5.74, 6) is 0.696. The van der Waals surface area contributed by atoms with E-state index < -0.39 is 0 Å². The van der Waals surface area contributed by atoms with Crippen molar-refractivity contribution in [2.45, 2.75) is 39.8 Å². The quantitative estimate of drug-likeness (QED) is 0.700. The molecule has 0 amide bonds. The summed E-state index contributed by atoms with van der Waals surface area (Å²) >= 11 is 0. The molecule has 0 bridgehead atoms. The molecule has 1 heterocycles. The molecule has 0 fully saturated rings. The van der Waals surface area contributed by atoms with Crippen molar-refractivity contribution in [3.63, 3.8) is 0 Å². The van der Waals surface area contributed by atoms with Gasteiger partial charge in [0.05, 0.1) is 5.69 Å². The van der Waals surface area contributed by atoms with E-state index >= 15 is 0 Å². The highest BCUT2D eigenvalue weighted by Crippen LogP contribution is 2.16. The Labute approximate surface area is 149 Å². The van der Waals surface area contributed by atoms with Crippen molar-refractivity contribution in [3.8, 4) is 5.69 Å². The standard InChI is InChI=1S/C21H26N4/c1-16(2)12-18-4-8-20(9-5-18)17(3)23-13-19-6-10-21(11-7-19)25-15-22-14-24-25/h4-11,14-17,23H,12-13H2,1-3H3. The van der Waals surface area contributed by atoms with Crippen molar-refractivity contribution in [1.82, 2.24) is 20.1 Å². The van der Waals surface area contributed by atoms with Crippen LogP contribution in [-0.2, 0) is 13.0 Å². The average molecular weight is 334 g/mol. The molecule has 3 rings (SSSR count). The minimum atomic E-state index is 0.322. The largest absolute Gasteiger partial charge is 0.306 e. The number of nitrogens with one attached hydrogen (secondary N) is 1. The number of nitrogens with zero attached hydrogens (tertiary/aromatic N) is 3. The zero-order valence-electron chi connectivity index (χ0n) is 15.2. The first-order valence-electron chi connectivity index (χ1n) is 8.88. The lowest BCUT2D eigenvalue weighted by molar-refractivity contribution is 0.574. The first kappa shape index (κ1) is 17.4. The molecule has 0 spiro atoms. The van der Waals surface area contributed by atoms with Crippen molar-refractivity contribution < 1.29 is 0 Å². The van der Waals surface area contributed by atoms with Gasteiger partial charge in [0.25, 0.3) is 0 Å². The minimum absolute atomic E-state index is 0.322. The van der Waals surface area contributed by atoms with Crippen LogP contribution in [0.3, 0.4) is 0 Å². The molecule has 1 atom stereocenters. The van der Waals surface area contributed by atoms with E-state index in [1.165, 1.54) is 16.7 Å². The first-order valence-corrected chi connectivity index (χ1v) is 8.88. The lowest BCUT2D eigenvalue weighted by atomic mass is 10.00. The van der Waals surface area contributed by atoms with E-state index in [0.29, 0.717) is 12.0 Å². The highest BCUT2D eigenvalue weighted by Gasteiger charge is 2.06. The van der Waals surface area contributed by atoms with Crippen molar-refractivity contribution in [1.29, 1.82) is 0 Å². The van der Waals surface area contributed by atoms with E-state index in [4.69, 9.17) is 0 Å². The molecular weight excluding hydrogens is 308 g/mol. The van der Waals surface area contributed by atoms with Gasteiger partial charge in [0.1, 0.15) is 12.7 Å². The molecule has 1 aromatic heterocycles. The van der Waals surface area contributed by atoms with Crippen LogP contribution in [0.2, 0.25) is 0 Å². The summed E-state index contributed by atoms with van der Waals surface area (Å²) in [7, 11) is 0. The van der Waals surface area contributed by atoms with Crippen LogP contribution in [0.1, 0.15) is 43.5 Å². The maximum Gasteiger partial charge on any atom is 0.138 e. The Morgan fingerprint density at radius 3 is 2.20 bits per heavy atom. The van der Waals surface area contributed by atoms with Gasteiger partial charge in [0, 0.05) is 12.6 Å². The molecule has 3 aromatic rings. The lowest BCUT2D eigenvalue weighted by Crippen LogP contribution is -2.18. The molecular formula is C21H26N4. The van der Waals surface area contributed by atoms with Crippen LogP contribution in [0.5, 0.6) is 0 Å². The van der Waals surface area contributed by atoms with Gasteiger partial charge < -0.3 is 5.32 Å². The summed E-state index contributed by atoms with van der Waals surface area (Å²) in [6.07, 6.45) is 4.39. The van der Waals surface area contributed by atoms with Crippen LogP contribution in [0.4, 0.5) is 0 Å². The van der Waals surface area contributed by atoms with Crippen LogP contribution >= 0.6 is 0 Å². The zero-order chi connectivity index (χ0) is 17.6. The van der Waals surface area contributed by atoms with E-state index in [1.54, 1.807) is 17.3 Å². The van der Waals surface area contributed by atoms with Gasteiger partial charge in [-0.05, 0) is 48.1 Å². The van der Waals surface area contributed by atoms with Crippen LogP contribution in [-0.4, -0.2) is 14.8 Å². The van der Waals surface area contributed by atoms with E-state index in [0.717, 1.165) is 18.7 Å². The second-order valence-electron chi connectivity index (χ2n) is 6.95.